The highest BCUT2D eigenvalue weighted by molar-refractivity contribution is 6.16. The van der Waals surface area contributed by atoms with Gasteiger partial charge in [0, 0.05) is 20.3 Å². The zero-order valence-corrected chi connectivity index (χ0v) is 9.93. The zero-order chi connectivity index (χ0) is 12.0. The first-order valence-electron chi connectivity index (χ1n) is 5.26. The number of rotatable bonds is 4. The van der Waals surface area contributed by atoms with Crippen molar-refractivity contribution in [3.8, 4) is 0 Å². The van der Waals surface area contributed by atoms with Crippen molar-refractivity contribution in [3.05, 3.63) is 42.1 Å². The Hall–Kier alpha value is -1.77. The molecule has 16 heavy (non-hydrogen) atoms. The molecule has 1 aromatic rings. The van der Waals surface area contributed by atoms with Crippen molar-refractivity contribution in [3.63, 3.8) is 0 Å². The summed E-state index contributed by atoms with van der Waals surface area (Å²) < 4.78 is 5.03. The van der Waals surface area contributed by atoms with Crippen LogP contribution in [0, 0.1) is 0 Å². The van der Waals surface area contributed by atoms with Gasteiger partial charge in [-0.1, -0.05) is 30.3 Å². The molecule has 1 aromatic carbocycles. The second kappa shape index (κ2) is 5.95. The molecule has 0 aliphatic rings. The standard InChI is InChI=1S/C13H17NO2/c1-4-16-13(15)12(10-14(2)3)11-8-6-5-7-9-11/h5-10H,4H2,1-3H3. The van der Waals surface area contributed by atoms with E-state index >= 15 is 0 Å². The van der Waals surface area contributed by atoms with Gasteiger partial charge in [0.1, 0.15) is 0 Å². The number of esters is 1. The maximum Gasteiger partial charge on any atom is 0.340 e. The Balaban J connectivity index is 3.02. The SMILES string of the molecule is CCOC(=O)C(=CN(C)C)c1ccccc1. The third-order valence-electron chi connectivity index (χ3n) is 1.97. The fourth-order valence-electron chi connectivity index (χ4n) is 1.33. The van der Waals surface area contributed by atoms with E-state index in [1.54, 1.807) is 13.1 Å². The molecule has 1 rings (SSSR count). The predicted molar refractivity (Wildman–Crippen MR) is 64.7 cm³/mol. The molecular weight excluding hydrogens is 202 g/mol. The first kappa shape index (κ1) is 12.3. The number of hydrogen-bond acceptors (Lipinski definition) is 3. The molecule has 0 aliphatic heterocycles. The van der Waals surface area contributed by atoms with E-state index in [1.165, 1.54) is 0 Å². The summed E-state index contributed by atoms with van der Waals surface area (Å²) >= 11 is 0. The van der Waals surface area contributed by atoms with E-state index < -0.39 is 0 Å². The molecule has 0 radical (unpaired) electrons. The first-order chi connectivity index (χ1) is 7.65. The molecular formula is C13H17NO2. The highest BCUT2D eigenvalue weighted by Gasteiger charge is 2.12. The summed E-state index contributed by atoms with van der Waals surface area (Å²) in [5.41, 5.74) is 1.45. The first-order valence-corrected chi connectivity index (χ1v) is 5.26. The Morgan fingerprint density at radius 1 is 1.31 bits per heavy atom. The lowest BCUT2D eigenvalue weighted by molar-refractivity contribution is -0.136. The van der Waals surface area contributed by atoms with Gasteiger partial charge in [-0.25, -0.2) is 4.79 Å². The fourth-order valence-corrected chi connectivity index (χ4v) is 1.33. The van der Waals surface area contributed by atoms with E-state index in [2.05, 4.69) is 0 Å². The Bertz CT molecular complexity index is 369. The minimum atomic E-state index is -0.289. The molecule has 0 unspecified atom stereocenters. The normalized spacial score (nSPS) is 11.1. The zero-order valence-electron chi connectivity index (χ0n) is 9.93. The summed E-state index contributed by atoms with van der Waals surface area (Å²) in [4.78, 5) is 13.6. The second-order valence-corrected chi connectivity index (χ2v) is 3.59. The van der Waals surface area contributed by atoms with Crippen molar-refractivity contribution in [2.24, 2.45) is 0 Å². The lowest BCUT2D eigenvalue weighted by Gasteiger charge is -2.11. The molecule has 0 aromatic heterocycles. The van der Waals surface area contributed by atoms with Gasteiger partial charge < -0.3 is 9.64 Å². The van der Waals surface area contributed by atoms with Gasteiger partial charge in [-0.05, 0) is 12.5 Å². The van der Waals surface area contributed by atoms with Gasteiger partial charge in [0.25, 0.3) is 0 Å². The lowest BCUT2D eigenvalue weighted by Crippen LogP contribution is -2.11. The summed E-state index contributed by atoms with van der Waals surface area (Å²) in [6.07, 6.45) is 1.77. The molecule has 0 spiro atoms. The van der Waals surface area contributed by atoms with Crippen LogP contribution in [0.2, 0.25) is 0 Å². The Labute approximate surface area is 96.3 Å². The number of nitrogens with zero attached hydrogens (tertiary/aromatic N) is 1. The van der Waals surface area contributed by atoms with Crippen molar-refractivity contribution in [2.45, 2.75) is 6.92 Å². The van der Waals surface area contributed by atoms with Crippen LogP contribution in [0.5, 0.6) is 0 Å². The molecule has 0 fully saturated rings. The summed E-state index contributed by atoms with van der Waals surface area (Å²) in [6, 6.07) is 9.51. The summed E-state index contributed by atoms with van der Waals surface area (Å²) in [5.74, 6) is -0.289. The molecule has 0 atom stereocenters. The van der Waals surface area contributed by atoms with Gasteiger partial charge in [0.15, 0.2) is 0 Å². The summed E-state index contributed by atoms with van der Waals surface area (Å²) in [7, 11) is 3.75. The lowest BCUT2D eigenvalue weighted by atomic mass is 10.1. The van der Waals surface area contributed by atoms with Gasteiger partial charge in [-0.15, -0.1) is 0 Å². The van der Waals surface area contributed by atoms with Crippen LogP contribution in [-0.2, 0) is 9.53 Å². The highest BCUT2D eigenvalue weighted by atomic mass is 16.5. The number of carbonyl (C=O) groups is 1. The van der Waals surface area contributed by atoms with Crippen LogP contribution in [-0.4, -0.2) is 31.6 Å². The largest absolute Gasteiger partial charge is 0.462 e. The number of ether oxygens (including phenoxy) is 1. The van der Waals surface area contributed by atoms with Crippen molar-refractivity contribution >= 4 is 11.5 Å². The maximum atomic E-state index is 11.8. The van der Waals surface area contributed by atoms with E-state index in [0.29, 0.717) is 12.2 Å². The topological polar surface area (TPSA) is 29.5 Å². The van der Waals surface area contributed by atoms with Crippen LogP contribution < -0.4 is 0 Å². The smallest absolute Gasteiger partial charge is 0.340 e. The molecule has 0 bridgehead atoms. The Morgan fingerprint density at radius 2 is 1.94 bits per heavy atom. The minimum Gasteiger partial charge on any atom is -0.462 e. The average molecular weight is 219 g/mol. The molecule has 3 nitrogen and oxygen atoms in total. The summed E-state index contributed by atoms with van der Waals surface area (Å²) in [5, 5.41) is 0. The monoisotopic (exact) mass is 219 g/mol. The van der Waals surface area contributed by atoms with Crippen LogP contribution in [0.1, 0.15) is 12.5 Å². The molecule has 0 aliphatic carbocycles. The molecule has 0 saturated heterocycles. The fraction of sp³-hybridized carbons (Fsp3) is 0.308. The molecule has 86 valence electrons. The number of carbonyl (C=O) groups excluding carboxylic acids is 1. The van der Waals surface area contributed by atoms with Crippen LogP contribution >= 0.6 is 0 Å². The Kier molecular flexibility index (Phi) is 4.58. The van der Waals surface area contributed by atoms with Crippen LogP contribution in [0.25, 0.3) is 5.57 Å². The van der Waals surface area contributed by atoms with Crippen molar-refractivity contribution < 1.29 is 9.53 Å². The second-order valence-electron chi connectivity index (χ2n) is 3.59. The molecule has 0 heterocycles. The molecule has 0 N–H and O–H groups in total. The number of hydrogen-bond donors (Lipinski definition) is 0. The predicted octanol–water partition coefficient (Wildman–Crippen LogP) is 2.15. The van der Waals surface area contributed by atoms with Crippen molar-refractivity contribution in [1.82, 2.24) is 4.90 Å². The third kappa shape index (κ3) is 3.42. The maximum absolute atomic E-state index is 11.8. The van der Waals surface area contributed by atoms with Crippen LogP contribution in [0.4, 0.5) is 0 Å². The van der Waals surface area contributed by atoms with Crippen molar-refractivity contribution in [2.75, 3.05) is 20.7 Å². The van der Waals surface area contributed by atoms with Crippen LogP contribution in [0.3, 0.4) is 0 Å². The van der Waals surface area contributed by atoms with E-state index in [4.69, 9.17) is 4.74 Å². The van der Waals surface area contributed by atoms with E-state index in [-0.39, 0.29) is 5.97 Å². The van der Waals surface area contributed by atoms with E-state index in [9.17, 15) is 4.79 Å². The van der Waals surface area contributed by atoms with Gasteiger partial charge in [-0.2, -0.15) is 0 Å². The average Bonchev–Trinajstić information content (AvgIpc) is 2.27. The molecule has 0 amide bonds. The quantitative estimate of drug-likeness (QED) is 0.574. The van der Waals surface area contributed by atoms with Crippen LogP contribution in [0.15, 0.2) is 36.5 Å². The van der Waals surface area contributed by atoms with E-state index in [1.807, 2.05) is 49.3 Å². The Morgan fingerprint density at radius 3 is 2.44 bits per heavy atom. The molecule has 3 heteroatoms. The van der Waals surface area contributed by atoms with Gasteiger partial charge in [0.05, 0.1) is 12.2 Å². The van der Waals surface area contributed by atoms with Gasteiger partial charge in [-0.3, -0.25) is 0 Å². The summed E-state index contributed by atoms with van der Waals surface area (Å²) in [6.45, 7) is 2.19. The van der Waals surface area contributed by atoms with Gasteiger partial charge >= 0.3 is 5.97 Å². The highest BCUT2D eigenvalue weighted by Crippen LogP contribution is 2.16. The van der Waals surface area contributed by atoms with Crippen molar-refractivity contribution in [1.29, 1.82) is 0 Å². The number of benzene rings is 1. The molecule has 0 saturated carbocycles. The van der Waals surface area contributed by atoms with E-state index in [0.717, 1.165) is 5.56 Å². The third-order valence-corrected chi connectivity index (χ3v) is 1.97. The minimum absolute atomic E-state index is 0.289. The van der Waals surface area contributed by atoms with Gasteiger partial charge in [0.2, 0.25) is 0 Å².